The van der Waals surface area contributed by atoms with Crippen LogP contribution in [0, 0.1) is 12.7 Å². The lowest BCUT2D eigenvalue weighted by atomic mass is 9.64. The Bertz CT molecular complexity index is 2000. The molecule has 0 spiro atoms. The number of allylic oxidation sites excluding steroid dienone is 2. The number of benzene rings is 3. The van der Waals surface area contributed by atoms with Gasteiger partial charge < -0.3 is 5.11 Å². The van der Waals surface area contributed by atoms with Crippen molar-refractivity contribution in [1.82, 2.24) is 13.9 Å². The molecule has 1 saturated heterocycles. The molecule has 218 valence electrons. The van der Waals surface area contributed by atoms with Crippen molar-refractivity contribution in [2.24, 2.45) is 0 Å². The van der Waals surface area contributed by atoms with Crippen LogP contribution in [0.3, 0.4) is 0 Å². The van der Waals surface area contributed by atoms with Gasteiger partial charge in [0.2, 0.25) is 0 Å². The Labute approximate surface area is 253 Å². The first-order chi connectivity index (χ1) is 20.5. The maximum Gasteiger partial charge on any atom is 0.352 e. The first-order valence-corrected chi connectivity index (χ1v) is 14.3. The molecule has 43 heavy (non-hydrogen) atoms. The highest BCUT2D eigenvalue weighted by molar-refractivity contribution is 6.58. The fraction of sp³-hybridized carbons (Fsp3) is 0.226. The summed E-state index contributed by atoms with van der Waals surface area (Å²) in [4.78, 5) is 52.6. The van der Waals surface area contributed by atoms with Crippen molar-refractivity contribution in [1.29, 1.82) is 0 Å². The molecule has 4 atom stereocenters. The van der Waals surface area contributed by atoms with Crippen LogP contribution in [-0.2, 0) is 16.1 Å². The lowest BCUT2D eigenvalue weighted by molar-refractivity contribution is -0.122. The Morgan fingerprint density at radius 2 is 1.56 bits per heavy atom. The summed E-state index contributed by atoms with van der Waals surface area (Å²) in [6.07, 6.45) is 1.39. The van der Waals surface area contributed by atoms with E-state index >= 15 is 0 Å². The van der Waals surface area contributed by atoms with E-state index < -0.39 is 50.7 Å². The number of halogens is 3. The predicted molar refractivity (Wildman–Crippen MR) is 158 cm³/mol. The van der Waals surface area contributed by atoms with Gasteiger partial charge in [0.15, 0.2) is 9.75 Å². The van der Waals surface area contributed by atoms with E-state index in [4.69, 9.17) is 23.2 Å². The Hall–Kier alpha value is -4.41. The predicted octanol–water partition coefficient (Wildman–Crippen LogP) is 4.15. The molecule has 0 radical (unpaired) electrons. The first-order valence-electron chi connectivity index (χ1n) is 13.5. The molecule has 3 aliphatic rings. The summed E-state index contributed by atoms with van der Waals surface area (Å²) in [7, 11) is 0. The van der Waals surface area contributed by atoms with Crippen LogP contribution in [0.15, 0.2) is 94.0 Å². The number of amides is 2. The zero-order valence-corrected chi connectivity index (χ0v) is 24.1. The molecule has 4 unspecified atom stereocenters. The average molecular weight is 621 g/mol. The number of para-hydroxylation sites is 2. The number of nitrogens with zero attached hydrogens (tertiary/aromatic N) is 4. The third-order valence-corrected chi connectivity index (χ3v) is 10.2. The van der Waals surface area contributed by atoms with Gasteiger partial charge in [0.25, 0.3) is 11.8 Å². The minimum Gasteiger partial charge on any atom is -0.507 e. The van der Waals surface area contributed by atoms with Crippen LogP contribution >= 0.6 is 23.2 Å². The van der Waals surface area contributed by atoms with Crippen molar-refractivity contribution in [3.05, 3.63) is 122 Å². The first kappa shape index (κ1) is 27.4. The number of carbonyl (C=O) groups is 2. The molecule has 1 aromatic heterocycles. The molecule has 3 aromatic carbocycles. The number of rotatable bonds is 3. The number of aromatic nitrogens is 3. The SMILES string of the molecule is Cc1cccc(C2C3=CCn4c(=O)n(-c5ccccc5)c(=O)n4C3CC3(Cl)C(=O)N(c4ccc(F)cc4)C(=O)C23Cl)c1O. The van der Waals surface area contributed by atoms with Gasteiger partial charge in [-0.25, -0.2) is 32.8 Å². The third-order valence-electron chi connectivity index (χ3n) is 8.76. The van der Waals surface area contributed by atoms with Crippen LogP contribution in [0.2, 0.25) is 0 Å². The number of phenolic OH excluding ortho intramolecular Hbond substituents is 1. The number of phenols is 1. The van der Waals surface area contributed by atoms with Gasteiger partial charge in [-0.15, -0.1) is 23.2 Å². The molecule has 7 rings (SSSR count). The number of hydrogen-bond donors (Lipinski definition) is 1. The third kappa shape index (κ3) is 3.50. The van der Waals surface area contributed by atoms with Gasteiger partial charge in [-0.1, -0.05) is 42.5 Å². The second-order valence-corrected chi connectivity index (χ2v) is 12.2. The van der Waals surface area contributed by atoms with Crippen molar-refractivity contribution >= 4 is 40.7 Å². The van der Waals surface area contributed by atoms with Gasteiger partial charge in [0, 0.05) is 17.9 Å². The second-order valence-electron chi connectivity index (χ2n) is 11.0. The number of carbonyl (C=O) groups excluding carboxylic acids is 2. The van der Waals surface area contributed by atoms with E-state index in [0.29, 0.717) is 16.8 Å². The highest BCUT2D eigenvalue weighted by Crippen LogP contribution is 2.64. The molecule has 1 aliphatic carbocycles. The number of aromatic hydroxyl groups is 1. The molecule has 3 heterocycles. The number of aryl methyl sites for hydroxylation is 1. The number of anilines is 1. The highest BCUT2D eigenvalue weighted by atomic mass is 35.5. The van der Waals surface area contributed by atoms with Crippen molar-refractivity contribution in [2.75, 3.05) is 4.90 Å². The van der Waals surface area contributed by atoms with E-state index in [1.54, 1.807) is 61.5 Å². The van der Waals surface area contributed by atoms with E-state index in [1.165, 1.54) is 21.5 Å². The molecule has 2 amide bonds. The molecule has 0 bridgehead atoms. The van der Waals surface area contributed by atoms with Crippen LogP contribution in [0.1, 0.15) is 29.5 Å². The lowest BCUT2D eigenvalue weighted by Crippen LogP contribution is -2.59. The number of alkyl halides is 2. The largest absolute Gasteiger partial charge is 0.507 e. The molecule has 2 fully saturated rings. The Balaban J connectivity index is 1.49. The van der Waals surface area contributed by atoms with E-state index in [9.17, 15) is 28.7 Å². The monoisotopic (exact) mass is 620 g/mol. The summed E-state index contributed by atoms with van der Waals surface area (Å²) in [6, 6.07) is 17.2. The van der Waals surface area contributed by atoms with Gasteiger partial charge in [-0.2, -0.15) is 0 Å². The maximum atomic E-state index is 14.3. The quantitative estimate of drug-likeness (QED) is 0.210. The van der Waals surface area contributed by atoms with Gasteiger partial charge in [0.05, 0.1) is 24.0 Å². The van der Waals surface area contributed by atoms with Crippen molar-refractivity contribution in [3.8, 4) is 11.4 Å². The maximum absolute atomic E-state index is 14.3. The topological polar surface area (TPSA) is 107 Å². The zero-order chi connectivity index (χ0) is 30.4. The highest BCUT2D eigenvalue weighted by Gasteiger charge is 2.76. The van der Waals surface area contributed by atoms with Crippen molar-refractivity contribution < 1.29 is 19.1 Å². The normalized spacial score (nSPS) is 26.1. The van der Waals surface area contributed by atoms with E-state index in [0.717, 1.165) is 21.6 Å². The summed E-state index contributed by atoms with van der Waals surface area (Å²) in [5.41, 5.74) is 0.375. The Morgan fingerprint density at radius 3 is 2.26 bits per heavy atom. The van der Waals surface area contributed by atoms with Crippen LogP contribution in [0.25, 0.3) is 5.69 Å². The standard InChI is InChI=1S/C31H23Cl2FN4O5/c1-17-6-5-9-22(25(17)39)24-21-14-15-35-28(42)37(19-7-3-2-4-8-19)29(43)38(35)23(21)16-30(32)26(40)36(27(41)31(24,30)33)20-12-10-18(34)11-13-20/h2-14,23-24,39H,15-16H2,1H3. The Kier molecular flexibility index (Phi) is 5.93. The number of fused-ring (bicyclic) bond motifs is 4. The molecule has 12 heteroatoms. The minimum absolute atomic E-state index is 0.0329. The molecule has 2 aliphatic heterocycles. The number of hydrogen-bond acceptors (Lipinski definition) is 5. The molecule has 9 nitrogen and oxygen atoms in total. The smallest absolute Gasteiger partial charge is 0.352 e. The summed E-state index contributed by atoms with van der Waals surface area (Å²) < 4.78 is 17.3. The van der Waals surface area contributed by atoms with Crippen molar-refractivity contribution in [2.45, 2.75) is 41.6 Å². The van der Waals surface area contributed by atoms with E-state index in [2.05, 4.69) is 0 Å². The Morgan fingerprint density at radius 1 is 0.860 bits per heavy atom. The van der Waals surface area contributed by atoms with Crippen LogP contribution < -0.4 is 16.3 Å². The molecule has 1 N–H and O–H groups in total. The van der Waals surface area contributed by atoms with E-state index in [-0.39, 0.29) is 30.0 Å². The lowest BCUT2D eigenvalue weighted by Gasteiger charge is -2.49. The summed E-state index contributed by atoms with van der Waals surface area (Å²) in [5.74, 6) is -3.59. The van der Waals surface area contributed by atoms with Gasteiger partial charge >= 0.3 is 11.4 Å². The molecular formula is C31H23Cl2FN4O5. The minimum atomic E-state index is -2.15. The fourth-order valence-electron chi connectivity index (χ4n) is 6.72. The van der Waals surface area contributed by atoms with Gasteiger partial charge in [-0.05, 0) is 54.5 Å². The molecular weight excluding hydrogens is 598 g/mol. The summed E-state index contributed by atoms with van der Waals surface area (Å²) in [6.45, 7) is 1.65. The fourth-order valence-corrected chi connectivity index (χ4v) is 7.63. The molecule has 4 aromatic rings. The second kappa shape index (κ2) is 9.29. The summed E-state index contributed by atoms with van der Waals surface area (Å²) in [5, 5.41) is 11.3. The van der Waals surface area contributed by atoms with Crippen LogP contribution in [0.5, 0.6) is 5.75 Å². The van der Waals surface area contributed by atoms with Crippen molar-refractivity contribution in [3.63, 3.8) is 0 Å². The van der Waals surface area contributed by atoms with E-state index in [1.807, 2.05) is 0 Å². The zero-order valence-electron chi connectivity index (χ0n) is 22.6. The average Bonchev–Trinajstić information content (AvgIpc) is 3.34. The number of imide groups is 1. The van der Waals surface area contributed by atoms with Crippen LogP contribution in [-0.4, -0.2) is 40.6 Å². The summed E-state index contributed by atoms with van der Waals surface area (Å²) >= 11 is 14.6. The van der Waals surface area contributed by atoms with Gasteiger partial charge in [0.1, 0.15) is 11.6 Å². The van der Waals surface area contributed by atoms with Gasteiger partial charge in [-0.3, -0.25) is 9.59 Å². The molecule has 1 saturated carbocycles. The van der Waals surface area contributed by atoms with Crippen LogP contribution in [0.4, 0.5) is 10.1 Å².